The predicted molar refractivity (Wildman–Crippen MR) is 70.0 cm³/mol. The lowest BCUT2D eigenvalue weighted by Crippen LogP contribution is -2.06. The van der Waals surface area contributed by atoms with Crippen LogP contribution in [0.25, 0.3) is 5.95 Å². The van der Waals surface area contributed by atoms with Gasteiger partial charge in [-0.05, 0) is 26.3 Å². The first-order chi connectivity index (χ1) is 8.93. The molecular weight excluding hydrogens is 268 g/mol. The third-order valence-corrected chi connectivity index (χ3v) is 2.96. The zero-order chi connectivity index (χ0) is 14.2. The molecule has 2 aromatic heterocycles. The Hall–Kier alpha value is -1.95. The lowest BCUT2D eigenvalue weighted by Gasteiger charge is -2.03. The molecule has 0 saturated carbocycles. The normalized spacial score (nSPS) is 10.7. The number of halogens is 1. The van der Waals surface area contributed by atoms with Crippen molar-refractivity contribution in [2.45, 2.75) is 27.2 Å². The molecule has 0 aliphatic carbocycles. The molecule has 0 fully saturated rings. The molecule has 2 rings (SSSR count). The fourth-order valence-electron chi connectivity index (χ4n) is 1.83. The third-order valence-electron chi connectivity index (χ3n) is 2.61. The number of hydrogen-bond donors (Lipinski definition) is 1. The fourth-order valence-corrected chi connectivity index (χ4v) is 2.14. The molecular formula is C12H13ClN4O2. The number of aromatic carboxylic acids is 1. The zero-order valence-corrected chi connectivity index (χ0v) is 11.6. The maximum atomic E-state index is 11.2. The highest BCUT2D eigenvalue weighted by Gasteiger charge is 2.23. The monoisotopic (exact) mass is 280 g/mol. The molecule has 0 bridgehead atoms. The largest absolute Gasteiger partial charge is 0.478 e. The van der Waals surface area contributed by atoms with E-state index < -0.39 is 5.97 Å². The summed E-state index contributed by atoms with van der Waals surface area (Å²) in [5.74, 6) is -0.817. The van der Waals surface area contributed by atoms with E-state index in [0.717, 1.165) is 11.4 Å². The highest BCUT2D eigenvalue weighted by Crippen LogP contribution is 2.23. The van der Waals surface area contributed by atoms with Crippen LogP contribution in [0.3, 0.4) is 0 Å². The van der Waals surface area contributed by atoms with Crippen molar-refractivity contribution < 1.29 is 9.90 Å². The highest BCUT2D eigenvalue weighted by molar-refractivity contribution is 6.32. The summed E-state index contributed by atoms with van der Waals surface area (Å²) in [7, 11) is 0. The molecule has 0 aliphatic heterocycles. The van der Waals surface area contributed by atoms with Crippen LogP contribution in [0, 0.1) is 13.8 Å². The van der Waals surface area contributed by atoms with E-state index in [4.69, 9.17) is 16.7 Å². The van der Waals surface area contributed by atoms with Gasteiger partial charge in [0.1, 0.15) is 5.56 Å². The molecule has 2 heterocycles. The summed E-state index contributed by atoms with van der Waals surface area (Å²) in [6.45, 7) is 5.47. The van der Waals surface area contributed by atoms with E-state index in [1.165, 1.54) is 4.68 Å². The summed E-state index contributed by atoms with van der Waals surface area (Å²) < 4.78 is 1.27. The van der Waals surface area contributed by atoms with Crippen LogP contribution in [0.2, 0.25) is 5.15 Å². The van der Waals surface area contributed by atoms with Gasteiger partial charge in [0, 0.05) is 11.4 Å². The molecule has 7 heteroatoms. The van der Waals surface area contributed by atoms with Crippen LogP contribution in [0.4, 0.5) is 0 Å². The van der Waals surface area contributed by atoms with Crippen molar-refractivity contribution in [2.75, 3.05) is 0 Å². The van der Waals surface area contributed by atoms with E-state index >= 15 is 0 Å². The summed E-state index contributed by atoms with van der Waals surface area (Å²) >= 11 is 6.08. The molecule has 0 aromatic carbocycles. The Morgan fingerprint density at radius 2 is 1.95 bits per heavy atom. The minimum absolute atomic E-state index is 0.00641. The van der Waals surface area contributed by atoms with E-state index in [9.17, 15) is 4.79 Å². The molecule has 2 aromatic rings. The third kappa shape index (κ3) is 2.44. The molecule has 0 aliphatic rings. The molecule has 0 radical (unpaired) electrons. The standard InChI is InChI=1S/C12H13ClN4O2/c1-4-8-9(11(18)19)10(13)17(16-8)12-14-6(2)5-7(3)15-12/h5H,4H2,1-3H3,(H,18,19). The number of carboxylic acids is 1. The molecule has 1 N–H and O–H groups in total. The van der Waals surface area contributed by atoms with Gasteiger partial charge in [-0.3, -0.25) is 0 Å². The molecule has 0 saturated heterocycles. The van der Waals surface area contributed by atoms with E-state index in [2.05, 4.69) is 15.1 Å². The van der Waals surface area contributed by atoms with Crippen molar-refractivity contribution in [3.05, 3.63) is 33.9 Å². The quantitative estimate of drug-likeness (QED) is 0.932. The van der Waals surface area contributed by atoms with Gasteiger partial charge in [0.2, 0.25) is 0 Å². The van der Waals surface area contributed by atoms with Crippen molar-refractivity contribution in [1.29, 1.82) is 0 Å². The lowest BCUT2D eigenvalue weighted by molar-refractivity contribution is 0.0696. The van der Waals surface area contributed by atoms with Crippen molar-refractivity contribution >= 4 is 17.6 Å². The Morgan fingerprint density at radius 3 is 2.37 bits per heavy atom. The van der Waals surface area contributed by atoms with Gasteiger partial charge in [0.25, 0.3) is 5.95 Å². The lowest BCUT2D eigenvalue weighted by atomic mass is 10.2. The molecule has 0 atom stereocenters. The van der Waals surface area contributed by atoms with Crippen LogP contribution in [0.15, 0.2) is 6.07 Å². The Kier molecular flexibility index (Phi) is 3.53. The average Bonchev–Trinajstić information content (AvgIpc) is 2.64. The smallest absolute Gasteiger partial charge is 0.340 e. The Morgan fingerprint density at radius 1 is 1.37 bits per heavy atom. The average molecular weight is 281 g/mol. The first kappa shape index (κ1) is 13.5. The van der Waals surface area contributed by atoms with Crippen LogP contribution in [0.5, 0.6) is 0 Å². The van der Waals surface area contributed by atoms with Gasteiger partial charge in [-0.2, -0.15) is 9.78 Å². The molecule has 6 nitrogen and oxygen atoms in total. The van der Waals surface area contributed by atoms with Crippen LogP contribution in [0.1, 0.15) is 34.4 Å². The number of carbonyl (C=O) groups is 1. The van der Waals surface area contributed by atoms with Gasteiger partial charge < -0.3 is 5.11 Å². The molecule has 0 unspecified atom stereocenters. The number of aryl methyl sites for hydroxylation is 3. The Labute approximate surface area is 115 Å². The van der Waals surface area contributed by atoms with Crippen molar-refractivity contribution in [3.8, 4) is 5.95 Å². The van der Waals surface area contributed by atoms with Gasteiger partial charge in [-0.25, -0.2) is 14.8 Å². The topological polar surface area (TPSA) is 80.9 Å². The van der Waals surface area contributed by atoms with E-state index in [-0.39, 0.29) is 16.7 Å². The summed E-state index contributed by atoms with van der Waals surface area (Å²) in [5, 5.41) is 13.4. The second-order valence-electron chi connectivity index (χ2n) is 4.13. The Balaban J connectivity index is 2.66. The maximum Gasteiger partial charge on any atom is 0.340 e. The number of carboxylic acid groups (broad SMARTS) is 1. The fraction of sp³-hybridized carbons (Fsp3) is 0.333. The Bertz CT molecular complexity index is 631. The van der Waals surface area contributed by atoms with Crippen LogP contribution in [-0.4, -0.2) is 30.8 Å². The number of hydrogen-bond acceptors (Lipinski definition) is 4. The summed E-state index contributed by atoms with van der Waals surface area (Å²) in [6, 6.07) is 1.82. The van der Waals surface area contributed by atoms with Gasteiger partial charge in [0.15, 0.2) is 5.15 Å². The van der Waals surface area contributed by atoms with E-state index in [0.29, 0.717) is 12.1 Å². The van der Waals surface area contributed by atoms with Crippen LogP contribution in [-0.2, 0) is 6.42 Å². The van der Waals surface area contributed by atoms with Crippen LogP contribution < -0.4 is 0 Å². The molecule has 100 valence electrons. The maximum absolute atomic E-state index is 11.2. The minimum atomic E-state index is -1.10. The van der Waals surface area contributed by atoms with Gasteiger partial charge in [-0.15, -0.1) is 0 Å². The van der Waals surface area contributed by atoms with Crippen molar-refractivity contribution in [3.63, 3.8) is 0 Å². The zero-order valence-electron chi connectivity index (χ0n) is 10.8. The molecule has 0 amide bonds. The first-order valence-corrected chi connectivity index (χ1v) is 6.15. The molecule has 0 spiro atoms. The second-order valence-corrected chi connectivity index (χ2v) is 4.49. The van der Waals surface area contributed by atoms with Crippen LogP contribution >= 0.6 is 11.6 Å². The highest BCUT2D eigenvalue weighted by atomic mass is 35.5. The summed E-state index contributed by atoms with van der Waals surface area (Å²) in [4.78, 5) is 19.7. The summed E-state index contributed by atoms with van der Waals surface area (Å²) in [5.41, 5.74) is 1.96. The summed E-state index contributed by atoms with van der Waals surface area (Å²) in [6.07, 6.45) is 0.471. The van der Waals surface area contributed by atoms with Gasteiger partial charge in [-0.1, -0.05) is 18.5 Å². The number of nitrogens with zero attached hydrogens (tertiary/aromatic N) is 4. The number of rotatable bonds is 3. The molecule has 19 heavy (non-hydrogen) atoms. The minimum Gasteiger partial charge on any atom is -0.478 e. The van der Waals surface area contributed by atoms with Gasteiger partial charge >= 0.3 is 5.97 Å². The van der Waals surface area contributed by atoms with Crippen molar-refractivity contribution in [2.24, 2.45) is 0 Å². The SMILES string of the molecule is CCc1nn(-c2nc(C)cc(C)n2)c(Cl)c1C(=O)O. The first-order valence-electron chi connectivity index (χ1n) is 5.77. The second kappa shape index (κ2) is 4.97. The number of aromatic nitrogens is 4. The van der Waals surface area contributed by atoms with E-state index in [1.807, 2.05) is 26.8 Å². The predicted octanol–water partition coefficient (Wildman–Crippen LogP) is 2.19. The van der Waals surface area contributed by atoms with E-state index in [1.54, 1.807) is 0 Å². The van der Waals surface area contributed by atoms with Gasteiger partial charge in [0.05, 0.1) is 5.69 Å². The van der Waals surface area contributed by atoms with Crippen molar-refractivity contribution in [1.82, 2.24) is 19.7 Å².